The van der Waals surface area contributed by atoms with E-state index in [9.17, 15) is 0 Å². The number of hydrogen-bond acceptors (Lipinski definition) is 7. The first-order valence-corrected chi connectivity index (χ1v) is 4.42. The number of hydrogen-bond donors (Lipinski definition) is 1. The Kier molecular flexibility index (Phi) is 2.28. The average Bonchev–Trinajstić information content (AvgIpc) is 2.70. The predicted octanol–water partition coefficient (Wildman–Crippen LogP) is 0.307. The number of rotatable bonds is 3. The van der Waals surface area contributed by atoms with E-state index >= 15 is 0 Å². The summed E-state index contributed by atoms with van der Waals surface area (Å²) in [5.41, 5.74) is 0. The van der Waals surface area contributed by atoms with Gasteiger partial charge in [-0.3, -0.25) is 0 Å². The lowest BCUT2D eigenvalue weighted by Crippen LogP contribution is -2.04. The molecule has 0 amide bonds. The molecule has 0 atom stereocenters. The molecule has 68 valence electrons. The van der Waals surface area contributed by atoms with E-state index in [1.165, 1.54) is 11.5 Å². The molecule has 0 radical (unpaired) electrons. The van der Waals surface area contributed by atoms with Crippen molar-refractivity contribution in [3.63, 3.8) is 0 Å². The van der Waals surface area contributed by atoms with Gasteiger partial charge in [0.1, 0.15) is 4.88 Å². The molecule has 2 heterocycles. The summed E-state index contributed by atoms with van der Waals surface area (Å²) in [5, 5.41) is 14.3. The van der Waals surface area contributed by atoms with Crippen LogP contribution < -0.4 is 5.32 Å². The van der Waals surface area contributed by atoms with Gasteiger partial charge in [-0.2, -0.15) is 0 Å². The zero-order chi connectivity index (χ0) is 9.10. The summed E-state index contributed by atoms with van der Waals surface area (Å²) in [6, 6.07) is 0. The van der Waals surface area contributed by atoms with Gasteiger partial charge in [0.25, 0.3) is 5.89 Å². The molecule has 0 saturated heterocycles. The third-order valence-electron chi connectivity index (χ3n) is 1.37. The van der Waals surface area contributed by atoms with Gasteiger partial charge in [-0.05, 0) is 18.6 Å². The van der Waals surface area contributed by atoms with Crippen molar-refractivity contribution in [1.82, 2.24) is 25.1 Å². The molecule has 1 N–H and O–H groups in total. The Hall–Kier alpha value is -1.34. The van der Waals surface area contributed by atoms with E-state index in [0.29, 0.717) is 18.3 Å². The Bertz CT molecular complexity index is 370. The molecule has 0 aliphatic heterocycles. The van der Waals surface area contributed by atoms with E-state index in [-0.39, 0.29) is 0 Å². The average molecular weight is 197 g/mol. The van der Waals surface area contributed by atoms with Gasteiger partial charge in [0, 0.05) is 0 Å². The van der Waals surface area contributed by atoms with Crippen molar-refractivity contribution in [2.24, 2.45) is 0 Å². The maximum Gasteiger partial charge on any atom is 0.261 e. The molecule has 2 rings (SSSR count). The van der Waals surface area contributed by atoms with Crippen LogP contribution in [0.2, 0.25) is 0 Å². The van der Waals surface area contributed by atoms with Crippen LogP contribution in [0.1, 0.15) is 5.89 Å². The lowest BCUT2D eigenvalue weighted by Gasteiger charge is -1.88. The van der Waals surface area contributed by atoms with Crippen LogP contribution in [0.3, 0.4) is 0 Å². The van der Waals surface area contributed by atoms with Crippen molar-refractivity contribution in [2.45, 2.75) is 6.54 Å². The van der Waals surface area contributed by atoms with Crippen LogP contribution in [-0.4, -0.2) is 26.8 Å². The zero-order valence-electron chi connectivity index (χ0n) is 6.89. The fourth-order valence-corrected chi connectivity index (χ4v) is 1.27. The summed E-state index contributed by atoms with van der Waals surface area (Å²) in [7, 11) is 1.82. The standard InChI is InChI=1S/C6H7N5OS/c1-7-3-5-9-10-6(12-5)4-2-8-11-13-4/h2,7H,3H2,1H3. The Morgan fingerprint density at radius 1 is 1.54 bits per heavy atom. The lowest BCUT2D eigenvalue weighted by molar-refractivity contribution is 0.491. The summed E-state index contributed by atoms with van der Waals surface area (Å²) in [6.45, 7) is 0.569. The van der Waals surface area contributed by atoms with Crippen LogP contribution in [0.25, 0.3) is 10.8 Å². The Morgan fingerprint density at radius 2 is 2.46 bits per heavy atom. The largest absolute Gasteiger partial charge is 0.418 e. The van der Waals surface area contributed by atoms with E-state index in [2.05, 4.69) is 25.1 Å². The van der Waals surface area contributed by atoms with Crippen LogP contribution in [-0.2, 0) is 6.54 Å². The Labute approximate surface area is 78.2 Å². The summed E-state index contributed by atoms with van der Waals surface area (Å²) in [4.78, 5) is 0.787. The highest BCUT2D eigenvalue weighted by Gasteiger charge is 2.09. The maximum atomic E-state index is 5.31. The topological polar surface area (TPSA) is 76.7 Å². The first kappa shape index (κ1) is 8.27. The van der Waals surface area contributed by atoms with Crippen molar-refractivity contribution in [1.29, 1.82) is 0 Å². The lowest BCUT2D eigenvalue weighted by atomic mass is 10.6. The molecule has 0 unspecified atom stereocenters. The summed E-state index contributed by atoms with van der Waals surface area (Å²) in [5.74, 6) is 1.03. The quantitative estimate of drug-likeness (QED) is 0.763. The van der Waals surface area contributed by atoms with Crippen LogP contribution in [0.4, 0.5) is 0 Å². The van der Waals surface area contributed by atoms with Gasteiger partial charge in [-0.25, -0.2) is 0 Å². The van der Waals surface area contributed by atoms with Gasteiger partial charge >= 0.3 is 0 Å². The minimum atomic E-state index is 0.472. The van der Waals surface area contributed by atoms with Gasteiger partial charge in [0.15, 0.2) is 0 Å². The molecule has 13 heavy (non-hydrogen) atoms. The van der Waals surface area contributed by atoms with Crippen LogP contribution in [0, 0.1) is 0 Å². The van der Waals surface area contributed by atoms with Gasteiger partial charge in [-0.15, -0.1) is 15.3 Å². The van der Waals surface area contributed by atoms with Crippen molar-refractivity contribution in [3.05, 3.63) is 12.1 Å². The second kappa shape index (κ2) is 3.58. The van der Waals surface area contributed by atoms with E-state index < -0.39 is 0 Å². The molecule has 6 nitrogen and oxygen atoms in total. The first-order valence-electron chi connectivity index (χ1n) is 3.65. The third kappa shape index (κ3) is 1.70. The SMILES string of the molecule is CNCc1nnc(-c2cnns2)o1. The highest BCUT2D eigenvalue weighted by molar-refractivity contribution is 7.09. The van der Waals surface area contributed by atoms with Gasteiger partial charge in [-0.1, -0.05) is 4.49 Å². The van der Waals surface area contributed by atoms with Gasteiger partial charge < -0.3 is 9.73 Å². The number of aromatic nitrogens is 4. The van der Waals surface area contributed by atoms with E-state index in [1.54, 1.807) is 6.20 Å². The highest BCUT2D eigenvalue weighted by Crippen LogP contribution is 2.19. The molecule has 0 aromatic carbocycles. The van der Waals surface area contributed by atoms with Crippen molar-refractivity contribution in [2.75, 3.05) is 7.05 Å². The minimum Gasteiger partial charge on any atom is -0.418 e. The fraction of sp³-hybridized carbons (Fsp3) is 0.333. The minimum absolute atomic E-state index is 0.472. The molecule has 0 fully saturated rings. The summed E-state index contributed by atoms with van der Waals surface area (Å²) >= 11 is 1.23. The van der Waals surface area contributed by atoms with E-state index in [0.717, 1.165) is 4.88 Å². The Morgan fingerprint density at radius 3 is 3.15 bits per heavy atom. The van der Waals surface area contributed by atoms with Crippen LogP contribution in [0.5, 0.6) is 0 Å². The van der Waals surface area contributed by atoms with Crippen LogP contribution in [0.15, 0.2) is 10.6 Å². The predicted molar refractivity (Wildman–Crippen MR) is 46.0 cm³/mol. The van der Waals surface area contributed by atoms with Gasteiger partial charge in [0.05, 0.1) is 12.7 Å². The highest BCUT2D eigenvalue weighted by atomic mass is 32.1. The fourth-order valence-electron chi connectivity index (χ4n) is 0.837. The number of nitrogens with zero attached hydrogens (tertiary/aromatic N) is 4. The first-order chi connectivity index (χ1) is 6.40. The van der Waals surface area contributed by atoms with E-state index in [1.807, 2.05) is 7.05 Å². The molecular formula is C6H7N5OS. The molecule has 0 aliphatic rings. The molecule has 0 bridgehead atoms. The van der Waals surface area contributed by atoms with Crippen LogP contribution >= 0.6 is 11.5 Å². The van der Waals surface area contributed by atoms with Crippen molar-refractivity contribution in [3.8, 4) is 10.8 Å². The van der Waals surface area contributed by atoms with Crippen molar-refractivity contribution >= 4 is 11.5 Å². The zero-order valence-corrected chi connectivity index (χ0v) is 7.71. The molecule has 2 aromatic heterocycles. The molecule has 2 aromatic rings. The van der Waals surface area contributed by atoms with Crippen molar-refractivity contribution < 1.29 is 4.42 Å². The number of nitrogens with one attached hydrogen (secondary N) is 1. The van der Waals surface area contributed by atoms with Gasteiger partial charge in [0.2, 0.25) is 5.89 Å². The molecule has 0 saturated carbocycles. The molecule has 0 spiro atoms. The van der Waals surface area contributed by atoms with E-state index in [4.69, 9.17) is 4.42 Å². The maximum absolute atomic E-state index is 5.31. The smallest absolute Gasteiger partial charge is 0.261 e. The monoisotopic (exact) mass is 197 g/mol. The second-order valence-corrected chi connectivity index (χ2v) is 3.10. The molecular weight excluding hydrogens is 190 g/mol. The second-order valence-electron chi connectivity index (χ2n) is 2.31. The molecule has 7 heteroatoms. The molecule has 0 aliphatic carbocycles. The normalized spacial score (nSPS) is 10.5. The summed E-state index contributed by atoms with van der Waals surface area (Å²) in [6.07, 6.45) is 1.60. The third-order valence-corrected chi connectivity index (χ3v) is 2.02. The Balaban J connectivity index is 2.23. The summed E-state index contributed by atoms with van der Waals surface area (Å²) < 4.78 is 9.02.